The fraction of sp³-hybridized carbons (Fsp3) is 0.750. The van der Waals surface area contributed by atoms with Gasteiger partial charge in [0.25, 0.3) is 20.2 Å². The Hall–Kier alpha value is -0.920. The second kappa shape index (κ2) is 6.13. The van der Waals surface area contributed by atoms with Crippen LogP contribution in [0.15, 0.2) is 0 Å². The van der Waals surface area contributed by atoms with Gasteiger partial charge in [0.1, 0.15) is 0 Å². The summed E-state index contributed by atoms with van der Waals surface area (Å²) in [7, 11) is -8.59. The van der Waals surface area contributed by atoms with Gasteiger partial charge in [0.05, 0.1) is 11.5 Å². The zero-order valence-corrected chi connectivity index (χ0v) is 9.38. The zero-order chi connectivity index (χ0) is 14.5. The minimum Gasteiger partial charge on any atom is -0.475 e. The molecule has 0 atom stereocenters. The first-order valence-corrected chi connectivity index (χ1v) is 6.57. The van der Waals surface area contributed by atoms with Crippen molar-refractivity contribution in [3.63, 3.8) is 0 Å². The van der Waals surface area contributed by atoms with Gasteiger partial charge >= 0.3 is 12.1 Å². The van der Waals surface area contributed by atoms with Gasteiger partial charge in [0.2, 0.25) is 0 Å². The molecule has 0 unspecified atom stereocenters. The fourth-order valence-corrected chi connectivity index (χ4v) is 1.90. The molecule has 0 aromatic carbocycles. The molecule has 0 fully saturated rings. The normalized spacial score (nSPS) is 12.5. The quantitative estimate of drug-likeness (QED) is 0.585. The van der Waals surface area contributed by atoms with E-state index in [4.69, 9.17) is 19.0 Å². The Morgan fingerprint density at radius 1 is 0.941 bits per heavy atom. The van der Waals surface area contributed by atoms with Crippen molar-refractivity contribution >= 4 is 26.2 Å². The van der Waals surface area contributed by atoms with E-state index in [1.165, 1.54) is 0 Å². The third-order valence-electron chi connectivity index (χ3n) is 0.842. The monoisotopic (exact) mass is 304 g/mol. The van der Waals surface area contributed by atoms with Gasteiger partial charge in [-0.05, 0) is 0 Å². The lowest BCUT2D eigenvalue weighted by Crippen LogP contribution is -2.21. The third kappa shape index (κ3) is 17.7. The van der Waals surface area contributed by atoms with E-state index < -0.39 is 43.9 Å². The summed E-state index contributed by atoms with van der Waals surface area (Å²) in [5.74, 6) is -4.72. The van der Waals surface area contributed by atoms with E-state index in [9.17, 15) is 30.0 Å². The van der Waals surface area contributed by atoms with Crippen molar-refractivity contribution < 1.29 is 49.0 Å². The van der Waals surface area contributed by atoms with E-state index in [1.54, 1.807) is 0 Å². The molecule has 17 heavy (non-hydrogen) atoms. The Balaban J connectivity index is 0. The number of hydrogen-bond donors (Lipinski definition) is 3. The number of aliphatic carboxylic acids is 1. The minimum atomic E-state index is -5.08. The van der Waals surface area contributed by atoms with Gasteiger partial charge in [-0.1, -0.05) is 0 Å². The van der Waals surface area contributed by atoms with Crippen molar-refractivity contribution in [3.8, 4) is 0 Å². The Kier molecular flexibility index (Phi) is 6.65. The molecule has 8 nitrogen and oxygen atoms in total. The van der Waals surface area contributed by atoms with Crippen LogP contribution in [0.3, 0.4) is 0 Å². The molecule has 0 aliphatic heterocycles. The first kappa shape index (κ1) is 18.4. The molecule has 0 rings (SSSR count). The zero-order valence-electron chi connectivity index (χ0n) is 7.75. The molecule has 0 spiro atoms. The molecule has 0 aromatic heterocycles. The molecule has 0 aromatic rings. The Morgan fingerprint density at radius 3 is 1.18 bits per heavy atom. The summed E-state index contributed by atoms with van der Waals surface area (Å²) in [4.78, 5) is 8.90. The van der Waals surface area contributed by atoms with E-state index in [1.807, 2.05) is 0 Å². The lowest BCUT2D eigenvalue weighted by molar-refractivity contribution is -0.192. The molecule has 0 amide bonds. The third-order valence-corrected chi connectivity index (χ3v) is 2.54. The second-order valence-corrected chi connectivity index (χ2v) is 5.52. The van der Waals surface area contributed by atoms with Crippen molar-refractivity contribution in [2.24, 2.45) is 0 Å². The SMILES string of the molecule is O=C(O)C(F)(F)F.O=S(=O)(O)CCS(=O)(=O)O. The highest BCUT2D eigenvalue weighted by atomic mass is 32.2. The Labute approximate surface area is 93.5 Å². The molecule has 0 aliphatic carbocycles. The van der Waals surface area contributed by atoms with Gasteiger partial charge in [-0.2, -0.15) is 30.0 Å². The molecular formula is C4H7F3O8S2. The van der Waals surface area contributed by atoms with Gasteiger partial charge in [-0.15, -0.1) is 0 Å². The highest BCUT2D eigenvalue weighted by Crippen LogP contribution is 2.13. The van der Waals surface area contributed by atoms with Crippen molar-refractivity contribution in [1.29, 1.82) is 0 Å². The largest absolute Gasteiger partial charge is 0.490 e. The topological polar surface area (TPSA) is 146 Å². The van der Waals surface area contributed by atoms with Crippen LogP contribution in [-0.2, 0) is 25.0 Å². The van der Waals surface area contributed by atoms with Gasteiger partial charge in [-0.3, -0.25) is 9.11 Å². The summed E-state index contributed by atoms with van der Waals surface area (Å²) < 4.78 is 87.1. The minimum absolute atomic E-state index is 0.980. The molecule has 13 heteroatoms. The number of rotatable bonds is 3. The second-order valence-electron chi connectivity index (χ2n) is 2.37. The van der Waals surface area contributed by atoms with Crippen LogP contribution in [0.5, 0.6) is 0 Å². The first-order valence-electron chi connectivity index (χ1n) is 3.35. The molecule has 0 heterocycles. The molecule has 0 aliphatic rings. The van der Waals surface area contributed by atoms with Crippen LogP contribution in [0.1, 0.15) is 0 Å². The summed E-state index contributed by atoms with van der Waals surface area (Å²) in [6.45, 7) is 0. The average molecular weight is 304 g/mol. The Morgan fingerprint density at radius 2 is 1.12 bits per heavy atom. The van der Waals surface area contributed by atoms with E-state index in [0.717, 1.165) is 0 Å². The number of carboxylic acid groups (broad SMARTS) is 1. The number of hydrogen-bond acceptors (Lipinski definition) is 5. The van der Waals surface area contributed by atoms with Crippen molar-refractivity contribution in [2.45, 2.75) is 6.18 Å². The highest BCUT2D eigenvalue weighted by molar-refractivity contribution is 7.89. The molecule has 0 saturated carbocycles. The number of carbonyl (C=O) groups is 1. The van der Waals surface area contributed by atoms with Crippen molar-refractivity contribution in [1.82, 2.24) is 0 Å². The predicted octanol–water partition coefficient (Wildman–Crippen LogP) is -0.605. The molecule has 0 bridgehead atoms. The molecule has 0 saturated heterocycles. The maximum absolute atomic E-state index is 10.6. The van der Waals surface area contributed by atoms with Crippen LogP contribution in [-0.4, -0.2) is 54.7 Å². The summed E-state index contributed by atoms with van der Waals surface area (Å²) in [5.41, 5.74) is 0. The lowest BCUT2D eigenvalue weighted by atomic mass is 10.7. The molecular weight excluding hydrogens is 297 g/mol. The number of halogens is 3. The van der Waals surface area contributed by atoms with Gasteiger partial charge < -0.3 is 5.11 Å². The maximum atomic E-state index is 10.6. The fourth-order valence-electron chi connectivity index (χ4n) is 0.211. The lowest BCUT2D eigenvalue weighted by Gasteiger charge is -1.93. The maximum Gasteiger partial charge on any atom is 0.490 e. The molecule has 104 valence electrons. The highest BCUT2D eigenvalue weighted by Gasteiger charge is 2.38. The van der Waals surface area contributed by atoms with E-state index in [2.05, 4.69) is 0 Å². The summed E-state index contributed by atoms with van der Waals surface area (Å²) in [5, 5.41) is 7.12. The van der Waals surface area contributed by atoms with Crippen LogP contribution >= 0.6 is 0 Å². The molecule has 3 N–H and O–H groups in total. The standard InChI is InChI=1S/C2HF3O2.C2H6O6S2/c3-2(4,5)1(6)7;3-9(4,5)1-2-10(6,7)8/h(H,6,7);1-2H2,(H,3,4,5)(H,6,7,8). The summed E-state index contributed by atoms with van der Waals surface area (Å²) in [6.07, 6.45) is -5.08. The predicted molar refractivity (Wildman–Crippen MR) is 46.5 cm³/mol. The Bertz CT molecular complexity index is 414. The summed E-state index contributed by atoms with van der Waals surface area (Å²) >= 11 is 0. The average Bonchev–Trinajstić information content (AvgIpc) is 1.97. The van der Waals surface area contributed by atoms with Crippen molar-refractivity contribution in [2.75, 3.05) is 11.5 Å². The van der Waals surface area contributed by atoms with E-state index >= 15 is 0 Å². The smallest absolute Gasteiger partial charge is 0.475 e. The van der Waals surface area contributed by atoms with Gasteiger partial charge in [0.15, 0.2) is 0 Å². The number of carboxylic acids is 1. The van der Waals surface area contributed by atoms with E-state index in [0.29, 0.717) is 0 Å². The van der Waals surface area contributed by atoms with Crippen LogP contribution < -0.4 is 0 Å². The van der Waals surface area contributed by atoms with Crippen LogP contribution in [0, 0.1) is 0 Å². The molecule has 0 radical (unpaired) electrons. The van der Waals surface area contributed by atoms with Crippen LogP contribution in [0.4, 0.5) is 13.2 Å². The number of alkyl halides is 3. The van der Waals surface area contributed by atoms with Crippen LogP contribution in [0.2, 0.25) is 0 Å². The van der Waals surface area contributed by atoms with E-state index in [-0.39, 0.29) is 0 Å². The van der Waals surface area contributed by atoms with Crippen LogP contribution in [0.25, 0.3) is 0 Å². The van der Waals surface area contributed by atoms with Gasteiger partial charge in [0, 0.05) is 0 Å². The van der Waals surface area contributed by atoms with Crippen molar-refractivity contribution in [3.05, 3.63) is 0 Å². The van der Waals surface area contributed by atoms with Gasteiger partial charge in [-0.25, -0.2) is 4.79 Å². The first-order chi connectivity index (χ1) is 7.15. The summed E-state index contributed by atoms with van der Waals surface area (Å²) in [6, 6.07) is 0.